The number of carboxylic acid groups (broad SMARTS) is 1. The first-order valence-electron chi connectivity index (χ1n) is 5.62. The van der Waals surface area contributed by atoms with Crippen molar-refractivity contribution in [3.63, 3.8) is 0 Å². The number of aliphatic carboxylic acids is 1. The Bertz CT molecular complexity index is 463. The number of carboxylic acids is 1. The lowest BCUT2D eigenvalue weighted by molar-refractivity contribution is -0.139. The molecule has 3 amide bonds. The Balaban J connectivity index is 4.07. The van der Waals surface area contributed by atoms with Crippen molar-refractivity contribution in [1.29, 1.82) is 0 Å². The molecule has 11 heteroatoms. The van der Waals surface area contributed by atoms with Gasteiger partial charge < -0.3 is 21.5 Å². The largest absolute Gasteiger partial charge is 0.480 e. The molecule has 0 radical (unpaired) electrons. The monoisotopic (exact) mass is 310 g/mol. The van der Waals surface area contributed by atoms with Crippen LogP contribution in [-0.4, -0.2) is 56.8 Å². The lowest BCUT2D eigenvalue weighted by Gasteiger charge is -2.14. The zero-order chi connectivity index (χ0) is 15.8. The molecule has 0 aliphatic heterocycles. The lowest BCUT2D eigenvalue weighted by atomic mass is 10.1. The zero-order valence-corrected chi connectivity index (χ0v) is 11.7. The van der Waals surface area contributed by atoms with E-state index in [-0.39, 0.29) is 25.9 Å². The molecule has 0 spiro atoms. The van der Waals surface area contributed by atoms with E-state index in [0.29, 0.717) is 0 Å². The number of nitrogens with two attached hydrogens (primary N) is 1. The third kappa shape index (κ3) is 10.1. The molecular weight excluding hydrogens is 292 g/mol. The molecule has 0 rings (SSSR count). The first-order chi connectivity index (χ1) is 9.11. The molecule has 0 aliphatic carbocycles. The molecule has 0 heterocycles. The van der Waals surface area contributed by atoms with E-state index >= 15 is 0 Å². The Kier molecular flexibility index (Phi) is 7.54. The van der Waals surface area contributed by atoms with Gasteiger partial charge in [0.05, 0.1) is 6.26 Å². The van der Waals surface area contributed by atoms with Crippen LogP contribution in [-0.2, 0) is 19.6 Å². The maximum atomic E-state index is 11.3. The number of urea groups is 1. The molecule has 20 heavy (non-hydrogen) atoms. The molecule has 6 N–H and O–H groups in total. The number of sulfonamides is 1. The van der Waals surface area contributed by atoms with Gasteiger partial charge in [-0.1, -0.05) is 0 Å². The van der Waals surface area contributed by atoms with Crippen molar-refractivity contribution in [3.05, 3.63) is 0 Å². The SMILES string of the molecule is CS(=O)(=O)NCCNC(=O)N[C@H](CCC(N)=O)C(=O)O. The van der Waals surface area contributed by atoms with Gasteiger partial charge in [0.25, 0.3) is 0 Å². The number of hydrogen-bond acceptors (Lipinski definition) is 5. The topological polar surface area (TPSA) is 168 Å². The smallest absolute Gasteiger partial charge is 0.326 e. The molecule has 0 aromatic rings. The summed E-state index contributed by atoms with van der Waals surface area (Å²) < 4.78 is 23.6. The van der Waals surface area contributed by atoms with E-state index in [9.17, 15) is 22.8 Å². The molecule has 0 saturated heterocycles. The van der Waals surface area contributed by atoms with Crippen LogP contribution in [0.5, 0.6) is 0 Å². The summed E-state index contributed by atoms with van der Waals surface area (Å²) in [5.41, 5.74) is 4.89. The second-order valence-corrected chi connectivity index (χ2v) is 5.80. The fraction of sp³-hybridized carbons (Fsp3) is 0.667. The predicted octanol–water partition coefficient (Wildman–Crippen LogP) is -2.45. The summed E-state index contributed by atoms with van der Waals surface area (Å²) in [7, 11) is -3.34. The molecule has 0 saturated carbocycles. The van der Waals surface area contributed by atoms with Crippen LogP contribution >= 0.6 is 0 Å². The van der Waals surface area contributed by atoms with Crippen LogP contribution in [0.25, 0.3) is 0 Å². The summed E-state index contributed by atoms with van der Waals surface area (Å²) >= 11 is 0. The third-order valence-electron chi connectivity index (χ3n) is 2.06. The fourth-order valence-corrected chi connectivity index (χ4v) is 1.64. The van der Waals surface area contributed by atoms with Gasteiger partial charge in [0.15, 0.2) is 0 Å². The Morgan fingerprint density at radius 1 is 1.25 bits per heavy atom. The average Bonchev–Trinajstić information content (AvgIpc) is 2.28. The highest BCUT2D eigenvalue weighted by molar-refractivity contribution is 7.88. The summed E-state index contributed by atoms with van der Waals surface area (Å²) in [5.74, 6) is -1.97. The number of amides is 3. The second-order valence-electron chi connectivity index (χ2n) is 3.96. The van der Waals surface area contributed by atoms with E-state index in [1.54, 1.807) is 0 Å². The number of rotatable bonds is 9. The Morgan fingerprint density at radius 2 is 1.85 bits per heavy atom. The molecule has 116 valence electrons. The molecule has 10 nitrogen and oxygen atoms in total. The Morgan fingerprint density at radius 3 is 2.30 bits per heavy atom. The van der Waals surface area contributed by atoms with E-state index in [2.05, 4.69) is 15.4 Å². The van der Waals surface area contributed by atoms with Crippen LogP contribution in [0.4, 0.5) is 4.79 Å². The van der Waals surface area contributed by atoms with Crippen LogP contribution in [0.1, 0.15) is 12.8 Å². The highest BCUT2D eigenvalue weighted by atomic mass is 32.2. The van der Waals surface area contributed by atoms with Crippen molar-refractivity contribution in [2.75, 3.05) is 19.3 Å². The highest BCUT2D eigenvalue weighted by Crippen LogP contribution is 1.97. The summed E-state index contributed by atoms with van der Waals surface area (Å²) in [5, 5.41) is 13.2. The van der Waals surface area contributed by atoms with Gasteiger partial charge in [-0.3, -0.25) is 4.79 Å². The summed E-state index contributed by atoms with van der Waals surface area (Å²) in [6.07, 6.45) is 0.671. The average molecular weight is 310 g/mol. The number of carbonyl (C=O) groups excluding carboxylic acids is 2. The summed E-state index contributed by atoms with van der Waals surface area (Å²) in [6.45, 7) is -0.0354. The van der Waals surface area contributed by atoms with Gasteiger partial charge in [0.1, 0.15) is 6.04 Å². The van der Waals surface area contributed by atoms with Gasteiger partial charge in [-0.25, -0.2) is 22.7 Å². The lowest BCUT2D eigenvalue weighted by Crippen LogP contribution is -2.47. The summed E-state index contributed by atoms with van der Waals surface area (Å²) in [4.78, 5) is 32.7. The fourth-order valence-electron chi connectivity index (χ4n) is 1.17. The van der Waals surface area contributed by atoms with Gasteiger partial charge in [-0.05, 0) is 6.42 Å². The van der Waals surface area contributed by atoms with Crippen LogP contribution in [0.2, 0.25) is 0 Å². The summed E-state index contributed by atoms with van der Waals surface area (Å²) in [6, 6.07) is -2.03. The molecule has 0 aromatic carbocycles. The minimum Gasteiger partial charge on any atom is -0.480 e. The third-order valence-corrected chi connectivity index (χ3v) is 2.79. The van der Waals surface area contributed by atoms with Crippen molar-refractivity contribution >= 4 is 27.9 Å². The van der Waals surface area contributed by atoms with E-state index in [0.717, 1.165) is 6.26 Å². The molecule has 0 bridgehead atoms. The minimum atomic E-state index is -3.34. The van der Waals surface area contributed by atoms with E-state index < -0.39 is 34.0 Å². The standard InChI is InChI=1S/C9H18N4O6S/c1-20(18,19)12-5-4-11-9(17)13-6(8(15)16)2-3-7(10)14/h6,12H,2-5H2,1H3,(H2,10,14)(H,15,16)(H2,11,13,17)/t6-/m1/s1. The van der Waals surface area contributed by atoms with Crippen LogP contribution in [0.15, 0.2) is 0 Å². The van der Waals surface area contributed by atoms with Gasteiger partial charge >= 0.3 is 12.0 Å². The van der Waals surface area contributed by atoms with Gasteiger partial charge in [0.2, 0.25) is 15.9 Å². The van der Waals surface area contributed by atoms with Crippen molar-refractivity contribution in [2.45, 2.75) is 18.9 Å². The van der Waals surface area contributed by atoms with Crippen LogP contribution in [0, 0.1) is 0 Å². The quantitative estimate of drug-likeness (QED) is 0.296. The maximum absolute atomic E-state index is 11.3. The van der Waals surface area contributed by atoms with Crippen LogP contribution in [0.3, 0.4) is 0 Å². The van der Waals surface area contributed by atoms with Crippen LogP contribution < -0.4 is 21.1 Å². The van der Waals surface area contributed by atoms with E-state index in [4.69, 9.17) is 10.8 Å². The van der Waals surface area contributed by atoms with Gasteiger partial charge in [-0.15, -0.1) is 0 Å². The molecule has 1 atom stereocenters. The number of hydrogen-bond donors (Lipinski definition) is 5. The van der Waals surface area contributed by atoms with Crippen molar-refractivity contribution in [3.8, 4) is 0 Å². The van der Waals surface area contributed by atoms with Gasteiger partial charge in [-0.2, -0.15) is 0 Å². The first-order valence-corrected chi connectivity index (χ1v) is 7.51. The number of nitrogens with one attached hydrogen (secondary N) is 3. The molecule has 0 unspecified atom stereocenters. The Labute approximate surface area is 116 Å². The van der Waals surface area contributed by atoms with Crippen molar-refractivity contribution in [2.24, 2.45) is 5.73 Å². The molecule has 0 fully saturated rings. The molecule has 0 aromatic heterocycles. The van der Waals surface area contributed by atoms with Gasteiger partial charge in [0, 0.05) is 19.5 Å². The second kappa shape index (κ2) is 8.32. The normalized spacial score (nSPS) is 12.4. The molecule has 0 aliphatic rings. The molecular formula is C9H18N4O6S. The maximum Gasteiger partial charge on any atom is 0.326 e. The van der Waals surface area contributed by atoms with Crippen molar-refractivity contribution in [1.82, 2.24) is 15.4 Å². The van der Waals surface area contributed by atoms with Crippen molar-refractivity contribution < 1.29 is 27.9 Å². The number of primary amides is 1. The van der Waals surface area contributed by atoms with E-state index in [1.807, 2.05) is 0 Å². The Hall–Kier alpha value is -1.88. The minimum absolute atomic E-state index is 0.0128. The number of carbonyl (C=O) groups is 3. The zero-order valence-electron chi connectivity index (χ0n) is 10.9. The predicted molar refractivity (Wildman–Crippen MR) is 69.2 cm³/mol. The first kappa shape index (κ1) is 18.1. The highest BCUT2D eigenvalue weighted by Gasteiger charge is 2.20. The van der Waals surface area contributed by atoms with E-state index in [1.165, 1.54) is 0 Å².